The molecule has 0 amide bonds. The second-order valence-electron chi connectivity index (χ2n) is 4.77. The van der Waals surface area contributed by atoms with Crippen LogP contribution in [0.3, 0.4) is 0 Å². The maximum atomic E-state index is 12.9. The van der Waals surface area contributed by atoms with E-state index in [0.717, 1.165) is 12.1 Å². The molecule has 0 saturated carbocycles. The molecule has 0 saturated heterocycles. The van der Waals surface area contributed by atoms with Crippen molar-refractivity contribution in [1.82, 2.24) is 0 Å². The van der Waals surface area contributed by atoms with Gasteiger partial charge in [-0.15, -0.1) is 0 Å². The lowest BCUT2D eigenvalue weighted by Crippen LogP contribution is -2.18. The van der Waals surface area contributed by atoms with E-state index in [4.69, 9.17) is 9.88 Å². The fourth-order valence-corrected chi connectivity index (χ4v) is 2.37. The van der Waals surface area contributed by atoms with Crippen molar-refractivity contribution < 1.29 is 22.5 Å². The van der Waals surface area contributed by atoms with Crippen LogP contribution in [0.15, 0.2) is 18.2 Å². The molecule has 118 valence electrons. The van der Waals surface area contributed by atoms with Crippen molar-refractivity contribution in [2.75, 3.05) is 12.4 Å². The van der Waals surface area contributed by atoms with Gasteiger partial charge in [0.1, 0.15) is 5.82 Å². The molecule has 0 radical (unpaired) electrons. The Morgan fingerprint density at radius 2 is 2.10 bits per heavy atom. The molecule has 0 aliphatic carbocycles. The number of primary sulfonamides is 1. The summed E-state index contributed by atoms with van der Waals surface area (Å²) in [6.07, 6.45) is 0.887. The molecule has 9 heteroatoms. The van der Waals surface area contributed by atoms with Crippen molar-refractivity contribution in [2.24, 2.45) is 11.1 Å². The van der Waals surface area contributed by atoms with E-state index in [-0.39, 0.29) is 24.0 Å². The predicted octanol–water partition coefficient (Wildman–Crippen LogP) is 1.82. The molecule has 1 atom stereocenters. The smallest absolute Gasteiger partial charge is 0.313 e. The van der Waals surface area contributed by atoms with Crippen molar-refractivity contribution >= 4 is 15.7 Å². The summed E-state index contributed by atoms with van der Waals surface area (Å²) in [5.41, 5.74) is -0.438. The van der Waals surface area contributed by atoms with Gasteiger partial charge in [-0.05, 0) is 30.9 Å². The Hall–Kier alpha value is -1.74. The molecule has 21 heavy (non-hydrogen) atoms. The second kappa shape index (κ2) is 7.32. The maximum Gasteiger partial charge on any atom is 0.313 e. The summed E-state index contributed by atoms with van der Waals surface area (Å²) in [5.74, 6) is -0.816. The number of ether oxygens (including phenoxy) is 1. The third-order valence-corrected chi connectivity index (χ3v) is 3.69. The molecule has 0 aliphatic rings. The molecule has 1 aromatic carbocycles. The lowest BCUT2D eigenvalue weighted by Gasteiger charge is -2.11. The standard InChI is InChI=1S/C12H17FN2O5S/c1-9(5-7-21(14,18)19)4-6-20-12-3-2-10(13)8-11(12)15(16)17/h2-3,8-9H,4-7H2,1H3,(H2,14,18,19). The van der Waals surface area contributed by atoms with E-state index < -0.39 is 26.5 Å². The minimum absolute atomic E-state index is 0.0138. The van der Waals surface area contributed by atoms with Gasteiger partial charge in [0.15, 0.2) is 5.75 Å². The van der Waals surface area contributed by atoms with Crippen molar-refractivity contribution in [3.63, 3.8) is 0 Å². The van der Waals surface area contributed by atoms with Gasteiger partial charge in [-0.3, -0.25) is 10.1 Å². The van der Waals surface area contributed by atoms with E-state index in [1.165, 1.54) is 6.07 Å². The van der Waals surface area contributed by atoms with Crippen LogP contribution in [-0.2, 0) is 10.0 Å². The second-order valence-corrected chi connectivity index (χ2v) is 6.50. The highest BCUT2D eigenvalue weighted by molar-refractivity contribution is 7.89. The van der Waals surface area contributed by atoms with Gasteiger partial charge in [0.2, 0.25) is 10.0 Å². The van der Waals surface area contributed by atoms with Gasteiger partial charge >= 0.3 is 5.69 Å². The molecule has 1 rings (SSSR count). The summed E-state index contributed by atoms with van der Waals surface area (Å²) >= 11 is 0. The third-order valence-electron chi connectivity index (χ3n) is 2.88. The van der Waals surface area contributed by atoms with E-state index in [2.05, 4.69) is 0 Å². The summed E-state index contributed by atoms with van der Waals surface area (Å²) < 4.78 is 39.8. The van der Waals surface area contributed by atoms with Crippen molar-refractivity contribution in [2.45, 2.75) is 19.8 Å². The van der Waals surface area contributed by atoms with Crippen LogP contribution < -0.4 is 9.88 Å². The summed E-state index contributed by atoms with van der Waals surface area (Å²) in [5, 5.41) is 15.7. The number of hydrogen-bond acceptors (Lipinski definition) is 5. The first kappa shape index (κ1) is 17.3. The number of sulfonamides is 1. The summed E-state index contributed by atoms with van der Waals surface area (Å²) in [6, 6.07) is 3.06. The maximum absolute atomic E-state index is 12.9. The first-order valence-corrected chi connectivity index (χ1v) is 7.98. The number of nitro groups is 1. The Kier molecular flexibility index (Phi) is 6.03. The van der Waals surface area contributed by atoms with Crippen LogP contribution in [0.1, 0.15) is 19.8 Å². The van der Waals surface area contributed by atoms with E-state index in [9.17, 15) is 22.9 Å². The number of nitro benzene ring substituents is 1. The van der Waals surface area contributed by atoms with Gasteiger partial charge in [-0.2, -0.15) is 0 Å². The minimum Gasteiger partial charge on any atom is -0.487 e. The van der Waals surface area contributed by atoms with E-state index in [1.54, 1.807) is 0 Å². The zero-order valence-electron chi connectivity index (χ0n) is 11.5. The molecule has 7 nitrogen and oxygen atoms in total. The number of nitrogens with zero attached hydrogens (tertiary/aromatic N) is 1. The van der Waals surface area contributed by atoms with Crippen molar-refractivity contribution in [3.05, 3.63) is 34.1 Å². The zero-order chi connectivity index (χ0) is 16.0. The molecule has 0 bridgehead atoms. The van der Waals surface area contributed by atoms with Crippen LogP contribution in [0.25, 0.3) is 0 Å². The zero-order valence-corrected chi connectivity index (χ0v) is 12.3. The molecular weight excluding hydrogens is 303 g/mol. The van der Waals surface area contributed by atoms with Gasteiger partial charge in [0, 0.05) is 0 Å². The number of rotatable bonds is 8. The molecule has 0 heterocycles. The lowest BCUT2D eigenvalue weighted by molar-refractivity contribution is -0.386. The molecule has 0 aliphatic heterocycles. The van der Waals surface area contributed by atoms with Gasteiger partial charge in [-0.25, -0.2) is 17.9 Å². The van der Waals surface area contributed by atoms with Crippen LogP contribution in [0, 0.1) is 21.8 Å². The summed E-state index contributed by atoms with van der Waals surface area (Å²) in [7, 11) is -3.49. The van der Waals surface area contributed by atoms with Gasteiger partial charge in [-0.1, -0.05) is 6.92 Å². The first-order chi connectivity index (χ1) is 9.69. The molecule has 1 aromatic rings. The minimum atomic E-state index is -3.49. The fraction of sp³-hybridized carbons (Fsp3) is 0.500. The third kappa shape index (κ3) is 6.50. The molecular formula is C12H17FN2O5S. The van der Waals surface area contributed by atoms with Crippen LogP contribution in [-0.4, -0.2) is 25.7 Å². The highest BCUT2D eigenvalue weighted by Crippen LogP contribution is 2.27. The lowest BCUT2D eigenvalue weighted by atomic mass is 10.1. The van der Waals surface area contributed by atoms with Gasteiger partial charge < -0.3 is 4.74 Å². The van der Waals surface area contributed by atoms with E-state index in [0.29, 0.717) is 12.8 Å². The summed E-state index contributed by atoms with van der Waals surface area (Å²) in [4.78, 5) is 10.0. The van der Waals surface area contributed by atoms with Crippen molar-refractivity contribution in [3.8, 4) is 5.75 Å². The average molecular weight is 320 g/mol. The van der Waals surface area contributed by atoms with Crippen molar-refractivity contribution in [1.29, 1.82) is 0 Å². The molecule has 0 spiro atoms. The Labute approximate surface area is 122 Å². The number of nitrogens with two attached hydrogens (primary N) is 1. The predicted molar refractivity (Wildman–Crippen MR) is 74.9 cm³/mol. The number of hydrogen-bond donors (Lipinski definition) is 1. The van der Waals surface area contributed by atoms with Gasteiger partial charge in [0.25, 0.3) is 0 Å². The molecule has 1 unspecified atom stereocenters. The van der Waals surface area contributed by atoms with Crippen LogP contribution in [0.4, 0.5) is 10.1 Å². The van der Waals surface area contributed by atoms with E-state index in [1.807, 2.05) is 6.92 Å². The highest BCUT2D eigenvalue weighted by atomic mass is 32.2. The Morgan fingerprint density at radius 1 is 1.43 bits per heavy atom. The van der Waals surface area contributed by atoms with Crippen LogP contribution in [0.2, 0.25) is 0 Å². The monoisotopic (exact) mass is 320 g/mol. The van der Waals surface area contributed by atoms with E-state index >= 15 is 0 Å². The fourth-order valence-electron chi connectivity index (χ4n) is 1.64. The van der Waals surface area contributed by atoms with Gasteiger partial charge in [0.05, 0.1) is 23.3 Å². The molecule has 2 N–H and O–H groups in total. The summed E-state index contributed by atoms with van der Waals surface area (Å²) in [6.45, 7) is 1.99. The number of benzene rings is 1. The normalized spacial score (nSPS) is 12.9. The Morgan fingerprint density at radius 3 is 2.67 bits per heavy atom. The molecule has 0 aromatic heterocycles. The largest absolute Gasteiger partial charge is 0.487 e. The Bertz CT molecular complexity index is 606. The Balaban J connectivity index is 2.51. The molecule has 0 fully saturated rings. The average Bonchev–Trinajstić information content (AvgIpc) is 2.37. The topological polar surface area (TPSA) is 113 Å². The quantitative estimate of drug-likeness (QED) is 0.580. The SMILES string of the molecule is CC(CCOc1ccc(F)cc1[N+](=O)[O-])CCS(N)(=O)=O. The highest BCUT2D eigenvalue weighted by Gasteiger charge is 2.16. The van der Waals surface area contributed by atoms with Crippen LogP contribution in [0.5, 0.6) is 5.75 Å². The van der Waals surface area contributed by atoms with Crippen LogP contribution >= 0.6 is 0 Å². The number of halogens is 1. The first-order valence-electron chi connectivity index (χ1n) is 6.26.